The first-order valence-corrected chi connectivity index (χ1v) is 12.7. The summed E-state index contributed by atoms with van der Waals surface area (Å²) in [6.45, 7) is 2.69. The quantitative estimate of drug-likeness (QED) is 0.552. The molecule has 0 aliphatic carbocycles. The lowest BCUT2D eigenvalue weighted by molar-refractivity contribution is -0.135. The van der Waals surface area contributed by atoms with Crippen LogP contribution in [0.2, 0.25) is 0 Å². The minimum Gasteiger partial charge on any atom is -0.484 e. The van der Waals surface area contributed by atoms with E-state index in [1.807, 2.05) is 11.8 Å². The second-order valence-corrected chi connectivity index (χ2v) is 11.1. The van der Waals surface area contributed by atoms with Gasteiger partial charge in [-0.05, 0) is 66.1 Å². The van der Waals surface area contributed by atoms with E-state index < -0.39 is 10.0 Å². The van der Waals surface area contributed by atoms with Crippen molar-refractivity contribution in [2.24, 2.45) is 0 Å². The number of anilines is 1. The summed E-state index contributed by atoms with van der Waals surface area (Å²) in [6, 6.07) is 12.1. The number of benzene rings is 1. The van der Waals surface area contributed by atoms with Crippen LogP contribution in [0, 0.1) is 0 Å². The van der Waals surface area contributed by atoms with Crippen LogP contribution in [0.5, 0.6) is 5.75 Å². The Labute approximate surface area is 184 Å². The molecule has 2 aromatic heterocycles. The van der Waals surface area contributed by atoms with Gasteiger partial charge in [-0.25, -0.2) is 8.42 Å². The van der Waals surface area contributed by atoms with Gasteiger partial charge in [0.15, 0.2) is 6.61 Å². The van der Waals surface area contributed by atoms with Gasteiger partial charge < -0.3 is 9.64 Å². The Balaban J connectivity index is 1.38. The summed E-state index contributed by atoms with van der Waals surface area (Å²) in [7, 11) is -2.06. The van der Waals surface area contributed by atoms with Crippen molar-refractivity contribution in [2.75, 3.05) is 24.5 Å². The summed E-state index contributed by atoms with van der Waals surface area (Å²) in [4.78, 5) is 15.9. The van der Waals surface area contributed by atoms with E-state index >= 15 is 0 Å². The highest BCUT2D eigenvalue weighted by Gasteiger charge is 2.28. The van der Waals surface area contributed by atoms with Crippen LogP contribution in [0.25, 0.3) is 0 Å². The molecule has 1 aromatic carbocycles. The lowest BCUT2D eigenvalue weighted by atomic mass is 10.0. The van der Waals surface area contributed by atoms with Gasteiger partial charge in [0, 0.05) is 18.5 Å². The van der Waals surface area contributed by atoms with Crippen LogP contribution in [0.4, 0.5) is 5.69 Å². The SMILES string of the molecule is C[C@H]1c2ccsc2CCN1C(=O)COc1ccc(N(C)S(=O)(=O)c2cccs2)cc1. The first-order chi connectivity index (χ1) is 14.4. The van der Waals surface area contributed by atoms with Gasteiger partial charge in [0.25, 0.3) is 15.9 Å². The summed E-state index contributed by atoms with van der Waals surface area (Å²) in [5.41, 5.74) is 1.75. The standard InChI is InChI=1S/C21H22N2O4S3/c1-15-18-10-13-28-19(18)9-11-23(15)20(24)14-27-17-7-5-16(6-8-17)22(2)30(25,26)21-4-3-12-29-21/h3-8,10,12-13,15H,9,11,14H2,1-2H3/t15-/m0/s1. The van der Waals surface area contributed by atoms with Gasteiger partial charge in [-0.15, -0.1) is 22.7 Å². The van der Waals surface area contributed by atoms with Crippen molar-refractivity contribution >= 4 is 44.3 Å². The second kappa shape index (κ2) is 8.41. The number of ether oxygens (including phenoxy) is 1. The number of sulfonamides is 1. The zero-order chi connectivity index (χ0) is 21.3. The predicted molar refractivity (Wildman–Crippen MR) is 120 cm³/mol. The lowest BCUT2D eigenvalue weighted by Gasteiger charge is -2.33. The van der Waals surface area contributed by atoms with Crippen molar-refractivity contribution in [1.82, 2.24) is 4.90 Å². The Morgan fingerprint density at radius 3 is 2.63 bits per heavy atom. The van der Waals surface area contributed by atoms with Crippen LogP contribution in [-0.4, -0.2) is 39.4 Å². The highest BCUT2D eigenvalue weighted by atomic mass is 32.2. The molecule has 0 bridgehead atoms. The largest absolute Gasteiger partial charge is 0.484 e. The maximum atomic E-state index is 12.7. The third-order valence-electron chi connectivity index (χ3n) is 5.27. The summed E-state index contributed by atoms with van der Waals surface area (Å²) in [5, 5.41) is 3.81. The van der Waals surface area contributed by atoms with E-state index in [-0.39, 0.29) is 18.6 Å². The number of amides is 1. The van der Waals surface area contributed by atoms with Crippen LogP contribution >= 0.6 is 22.7 Å². The zero-order valence-corrected chi connectivity index (χ0v) is 19.1. The van der Waals surface area contributed by atoms with E-state index in [0.29, 0.717) is 22.2 Å². The minimum atomic E-state index is -3.58. The monoisotopic (exact) mass is 462 g/mol. The Kier molecular flexibility index (Phi) is 5.86. The number of hydrogen-bond donors (Lipinski definition) is 0. The summed E-state index contributed by atoms with van der Waals surface area (Å²) in [6.07, 6.45) is 0.878. The Morgan fingerprint density at radius 2 is 1.93 bits per heavy atom. The number of carbonyl (C=O) groups excluding carboxylic acids is 1. The van der Waals surface area contributed by atoms with Crippen molar-refractivity contribution in [1.29, 1.82) is 0 Å². The van der Waals surface area contributed by atoms with Crippen LogP contribution in [-0.2, 0) is 21.2 Å². The van der Waals surface area contributed by atoms with Crippen molar-refractivity contribution in [3.8, 4) is 5.75 Å². The molecule has 0 saturated carbocycles. The number of fused-ring (bicyclic) bond motifs is 1. The van der Waals surface area contributed by atoms with Gasteiger partial charge in [-0.2, -0.15) is 0 Å². The molecule has 158 valence electrons. The molecule has 1 atom stereocenters. The first kappa shape index (κ1) is 20.9. The van der Waals surface area contributed by atoms with E-state index in [1.54, 1.807) is 53.1 Å². The average molecular weight is 463 g/mol. The number of thiophene rings is 2. The molecular weight excluding hydrogens is 440 g/mol. The molecular formula is C21H22N2O4S3. The molecule has 30 heavy (non-hydrogen) atoms. The smallest absolute Gasteiger partial charge is 0.273 e. The molecule has 1 aliphatic heterocycles. The van der Waals surface area contributed by atoms with Crippen molar-refractivity contribution in [3.05, 3.63) is 63.7 Å². The normalized spacial score (nSPS) is 16.2. The van der Waals surface area contributed by atoms with Crippen molar-refractivity contribution < 1.29 is 17.9 Å². The van der Waals surface area contributed by atoms with Crippen LogP contribution in [0.1, 0.15) is 23.4 Å². The number of rotatable bonds is 6. The van der Waals surface area contributed by atoms with Crippen molar-refractivity contribution in [2.45, 2.75) is 23.6 Å². The highest BCUT2D eigenvalue weighted by molar-refractivity contribution is 7.94. The maximum absolute atomic E-state index is 12.7. The third kappa shape index (κ3) is 3.97. The fraction of sp³-hybridized carbons (Fsp3) is 0.286. The molecule has 1 amide bonds. The van der Waals surface area contributed by atoms with E-state index in [0.717, 1.165) is 6.42 Å². The van der Waals surface area contributed by atoms with Gasteiger partial charge in [-0.1, -0.05) is 6.07 Å². The molecule has 0 saturated heterocycles. The average Bonchev–Trinajstić information content (AvgIpc) is 3.44. The number of nitrogens with zero attached hydrogens (tertiary/aromatic N) is 2. The van der Waals surface area contributed by atoms with Crippen molar-refractivity contribution in [3.63, 3.8) is 0 Å². The topological polar surface area (TPSA) is 66.9 Å². The van der Waals surface area contributed by atoms with E-state index in [4.69, 9.17) is 4.74 Å². The number of hydrogen-bond acceptors (Lipinski definition) is 6. The van der Waals surface area contributed by atoms with Crippen LogP contribution in [0.15, 0.2) is 57.4 Å². The Hall–Kier alpha value is -2.36. The molecule has 9 heteroatoms. The zero-order valence-electron chi connectivity index (χ0n) is 16.6. The van der Waals surface area contributed by atoms with Crippen LogP contribution in [0.3, 0.4) is 0 Å². The fourth-order valence-corrected chi connectivity index (χ4v) is 6.83. The molecule has 3 heterocycles. The van der Waals surface area contributed by atoms with Crippen LogP contribution < -0.4 is 9.04 Å². The first-order valence-electron chi connectivity index (χ1n) is 9.49. The fourth-order valence-electron chi connectivity index (χ4n) is 3.51. The molecule has 0 spiro atoms. The van der Waals surface area contributed by atoms with Gasteiger partial charge in [0.2, 0.25) is 0 Å². The molecule has 0 unspecified atom stereocenters. The second-order valence-electron chi connectivity index (χ2n) is 7.00. The molecule has 0 fully saturated rings. The van der Waals surface area contributed by atoms with Gasteiger partial charge in [0.05, 0.1) is 11.7 Å². The number of carbonyl (C=O) groups is 1. The van der Waals surface area contributed by atoms with E-state index in [2.05, 4.69) is 11.4 Å². The molecule has 3 aromatic rings. The maximum Gasteiger partial charge on any atom is 0.273 e. The molecule has 6 nitrogen and oxygen atoms in total. The summed E-state index contributed by atoms with van der Waals surface area (Å²) >= 11 is 2.92. The summed E-state index contributed by atoms with van der Waals surface area (Å²) in [5.74, 6) is 0.468. The van der Waals surface area contributed by atoms with E-state index in [1.165, 1.54) is 33.1 Å². The third-order valence-corrected chi connectivity index (χ3v) is 9.43. The van der Waals surface area contributed by atoms with Gasteiger partial charge in [-0.3, -0.25) is 9.10 Å². The lowest BCUT2D eigenvalue weighted by Crippen LogP contribution is -2.40. The highest BCUT2D eigenvalue weighted by Crippen LogP contribution is 2.33. The Morgan fingerprint density at radius 1 is 1.17 bits per heavy atom. The minimum absolute atomic E-state index is 0.0491. The molecule has 4 rings (SSSR count). The summed E-state index contributed by atoms with van der Waals surface area (Å²) < 4.78 is 32.5. The van der Waals surface area contributed by atoms with E-state index in [9.17, 15) is 13.2 Å². The predicted octanol–water partition coefficient (Wildman–Crippen LogP) is 4.16. The molecule has 0 radical (unpaired) electrons. The van der Waals surface area contributed by atoms with Gasteiger partial charge in [0.1, 0.15) is 9.96 Å². The van der Waals surface area contributed by atoms with Gasteiger partial charge >= 0.3 is 0 Å². The molecule has 1 aliphatic rings. The molecule has 0 N–H and O–H groups in total. The Bertz CT molecular complexity index is 1120.